The van der Waals surface area contributed by atoms with Gasteiger partial charge in [0.2, 0.25) is 0 Å². The van der Waals surface area contributed by atoms with Gasteiger partial charge in [0.25, 0.3) is 0 Å². The largest absolute Gasteiger partial charge is 0.307 e. The molecule has 0 spiro atoms. The lowest BCUT2D eigenvalue weighted by atomic mass is 10.0. The molecule has 2 rings (SSSR count). The quantitative estimate of drug-likeness (QED) is 0.679. The minimum atomic E-state index is 0.337. The van der Waals surface area contributed by atoms with Crippen LogP contribution in [0.5, 0.6) is 0 Å². The Bertz CT molecular complexity index is 553. The van der Waals surface area contributed by atoms with Gasteiger partial charge in [0, 0.05) is 20.7 Å². The third-order valence-corrected chi connectivity index (χ3v) is 4.48. The highest BCUT2D eigenvalue weighted by atomic mass is 127. The molecule has 0 radical (unpaired) electrons. The maximum absolute atomic E-state index is 6.21. The first-order chi connectivity index (χ1) is 9.56. The molecule has 2 unspecified atom stereocenters. The molecule has 0 bridgehead atoms. The molecule has 2 atom stereocenters. The van der Waals surface area contributed by atoms with Crippen molar-refractivity contribution in [2.75, 3.05) is 0 Å². The molecule has 0 aliphatic heterocycles. The van der Waals surface area contributed by atoms with E-state index < -0.39 is 0 Å². The van der Waals surface area contributed by atoms with Gasteiger partial charge in [-0.05, 0) is 72.2 Å². The lowest BCUT2D eigenvalue weighted by Crippen LogP contribution is -2.30. The Labute approximate surface area is 139 Å². The predicted molar refractivity (Wildman–Crippen MR) is 95.3 cm³/mol. The Morgan fingerprint density at radius 3 is 2.35 bits per heavy atom. The predicted octanol–water partition coefficient (Wildman–Crippen LogP) is 5.23. The lowest BCUT2D eigenvalue weighted by Gasteiger charge is -2.21. The van der Waals surface area contributed by atoms with Crippen LogP contribution in [-0.4, -0.2) is 6.04 Å². The fourth-order valence-electron chi connectivity index (χ4n) is 2.33. The van der Waals surface area contributed by atoms with Gasteiger partial charge in [0.05, 0.1) is 0 Å². The first-order valence-electron chi connectivity index (χ1n) is 6.81. The van der Waals surface area contributed by atoms with Crippen molar-refractivity contribution in [3.8, 4) is 0 Å². The summed E-state index contributed by atoms with van der Waals surface area (Å²) >= 11 is 8.54. The van der Waals surface area contributed by atoms with E-state index in [9.17, 15) is 0 Å². The third kappa shape index (κ3) is 4.47. The summed E-state index contributed by atoms with van der Waals surface area (Å²) in [6.07, 6.45) is 0.939. The molecule has 0 amide bonds. The Hall–Kier alpha value is -0.580. The molecule has 0 aromatic heterocycles. The second kappa shape index (κ2) is 7.43. The summed E-state index contributed by atoms with van der Waals surface area (Å²) in [6, 6.07) is 17.4. The average molecular weight is 400 g/mol. The molecule has 0 aliphatic carbocycles. The van der Waals surface area contributed by atoms with Crippen LogP contribution in [0, 0.1) is 3.57 Å². The topological polar surface area (TPSA) is 12.0 Å². The van der Waals surface area contributed by atoms with Gasteiger partial charge in [-0.1, -0.05) is 41.9 Å². The summed E-state index contributed by atoms with van der Waals surface area (Å²) in [4.78, 5) is 0. The Balaban J connectivity index is 1.96. The van der Waals surface area contributed by atoms with Crippen LogP contribution in [0.15, 0.2) is 48.5 Å². The Morgan fingerprint density at radius 1 is 1.05 bits per heavy atom. The van der Waals surface area contributed by atoms with Gasteiger partial charge in [0.15, 0.2) is 0 Å². The van der Waals surface area contributed by atoms with Crippen molar-refractivity contribution in [3.05, 3.63) is 68.3 Å². The minimum absolute atomic E-state index is 0.337. The number of hydrogen-bond acceptors (Lipinski definition) is 1. The van der Waals surface area contributed by atoms with E-state index in [1.807, 2.05) is 18.2 Å². The molecule has 0 aliphatic rings. The van der Waals surface area contributed by atoms with E-state index in [0.29, 0.717) is 12.1 Å². The summed E-state index contributed by atoms with van der Waals surface area (Å²) in [7, 11) is 0. The fourth-order valence-corrected chi connectivity index (χ4v) is 2.90. The van der Waals surface area contributed by atoms with Crippen molar-refractivity contribution in [2.24, 2.45) is 0 Å². The molecule has 1 N–H and O–H groups in total. The molecule has 106 valence electrons. The maximum Gasteiger partial charge on any atom is 0.0438 e. The molecule has 2 aromatic rings. The van der Waals surface area contributed by atoms with Crippen molar-refractivity contribution in [2.45, 2.75) is 32.4 Å². The van der Waals surface area contributed by atoms with Crippen LogP contribution in [0.4, 0.5) is 0 Å². The molecule has 20 heavy (non-hydrogen) atoms. The van der Waals surface area contributed by atoms with Crippen LogP contribution in [0.1, 0.15) is 31.0 Å². The Kier molecular flexibility index (Phi) is 5.87. The number of nitrogens with one attached hydrogen (secondary N) is 1. The molecule has 0 fully saturated rings. The highest BCUT2D eigenvalue weighted by Crippen LogP contribution is 2.19. The molecule has 0 saturated carbocycles. The second-order valence-corrected chi connectivity index (χ2v) is 6.79. The number of rotatable bonds is 5. The number of benzene rings is 2. The highest BCUT2D eigenvalue weighted by Gasteiger charge is 2.11. The fraction of sp³-hybridized carbons (Fsp3) is 0.294. The number of halogens is 2. The standard InChI is InChI=1S/C17H19ClIN/c1-12(11-15-5-3-4-6-17(15)18)20-13(2)14-7-9-16(19)10-8-14/h3-10,12-13,20H,11H2,1-2H3. The maximum atomic E-state index is 6.21. The zero-order valence-corrected chi connectivity index (χ0v) is 14.6. The van der Waals surface area contributed by atoms with E-state index in [1.165, 1.54) is 14.7 Å². The number of hydrogen-bond donors (Lipinski definition) is 1. The summed E-state index contributed by atoms with van der Waals surface area (Å²) in [5.41, 5.74) is 2.51. The zero-order chi connectivity index (χ0) is 14.5. The molecular formula is C17H19ClIN. The SMILES string of the molecule is CC(Cc1ccccc1Cl)NC(C)c1ccc(I)cc1. The van der Waals surface area contributed by atoms with Gasteiger partial charge < -0.3 is 5.32 Å². The Morgan fingerprint density at radius 2 is 1.70 bits per heavy atom. The second-order valence-electron chi connectivity index (χ2n) is 5.14. The van der Waals surface area contributed by atoms with Crippen LogP contribution in [0.25, 0.3) is 0 Å². The van der Waals surface area contributed by atoms with Crippen LogP contribution in [0.3, 0.4) is 0 Å². The van der Waals surface area contributed by atoms with E-state index in [-0.39, 0.29) is 0 Å². The lowest BCUT2D eigenvalue weighted by molar-refractivity contribution is 0.477. The van der Waals surface area contributed by atoms with Crippen LogP contribution in [0.2, 0.25) is 5.02 Å². The van der Waals surface area contributed by atoms with E-state index in [1.54, 1.807) is 0 Å². The summed E-state index contributed by atoms with van der Waals surface area (Å²) in [6.45, 7) is 4.40. The molecule has 3 heteroatoms. The van der Waals surface area contributed by atoms with Gasteiger partial charge in [0.1, 0.15) is 0 Å². The van der Waals surface area contributed by atoms with Crippen molar-refractivity contribution in [1.29, 1.82) is 0 Å². The zero-order valence-electron chi connectivity index (χ0n) is 11.7. The van der Waals surface area contributed by atoms with Gasteiger partial charge in [-0.3, -0.25) is 0 Å². The third-order valence-electron chi connectivity index (χ3n) is 3.39. The van der Waals surface area contributed by atoms with Gasteiger partial charge in [-0.15, -0.1) is 0 Å². The van der Waals surface area contributed by atoms with E-state index in [4.69, 9.17) is 11.6 Å². The minimum Gasteiger partial charge on any atom is -0.307 e. The van der Waals surface area contributed by atoms with Crippen LogP contribution < -0.4 is 5.32 Å². The highest BCUT2D eigenvalue weighted by molar-refractivity contribution is 14.1. The summed E-state index contributed by atoms with van der Waals surface area (Å²) in [5, 5.41) is 4.48. The summed E-state index contributed by atoms with van der Waals surface area (Å²) < 4.78 is 1.27. The van der Waals surface area contributed by atoms with Gasteiger partial charge >= 0.3 is 0 Å². The van der Waals surface area contributed by atoms with Gasteiger partial charge in [-0.25, -0.2) is 0 Å². The average Bonchev–Trinajstić information content (AvgIpc) is 2.42. The molecule has 0 heterocycles. The first kappa shape index (κ1) is 15.8. The summed E-state index contributed by atoms with van der Waals surface area (Å²) in [5.74, 6) is 0. The molecular weight excluding hydrogens is 381 g/mol. The normalized spacial score (nSPS) is 14.0. The molecule has 2 aromatic carbocycles. The van der Waals surface area contributed by atoms with Crippen molar-refractivity contribution < 1.29 is 0 Å². The monoisotopic (exact) mass is 399 g/mol. The molecule has 1 nitrogen and oxygen atoms in total. The van der Waals surface area contributed by atoms with Crippen LogP contribution in [-0.2, 0) is 6.42 Å². The smallest absolute Gasteiger partial charge is 0.0438 e. The van der Waals surface area contributed by atoms with Crippen molar-refractivity contribution in [3.63, 3.8) is 0 Å². The van der Waals surface area contributed by atoms with Crippen molar-refractivity contribution >= 4 is 34.2 Å². The van der Waals surface area contributed by atoms with E-state index >= 15 is 0 Å². The van der Waals surface area contributed by atoms with Crippen molar-refractivity contribution in [1.82, 2.24) is 5.32 Å². The van der Waals surface area contributed by atoms with Crippen LogP contribution >= 0.6 is 34.2 Å². The van der Waals surface area contributed by atoms with E-state index in [2.05, 4.69) is 72.1 Å². The molecule has 0 saturated heterocycles. The van der Waals surface area contributed by atoms with E-state index in [0.717, 1.165) is 11.4 Å². The first-order valence-corrected chi connectivity index (χ1v) is 8.27. The van der Waals surface area contributed by atoms with Gasteiger partial charge in [-0.2, -0.15) is 0 Å².